The summed E-state index contributed by atoms with van der Waals surface area (Å²) in [5.74, 6) is -0.745. The van der Waals surface area contributed by atoms with Crippen molar-refractivity contribution >= 4 is 40.5 Å². The van der Waals surface area contributed by atoms with Crippen LogP contribution in [-0.4, -0.2) is 55.1 Å². The lowest BCUT2D eigenvalue weighted by Crippen LogP contribution is -2.43. The van der Waals surface area contributed by atoms with E-state index in [2.05, 4.69) is 9.98 Å². The summed E-state index contributed by atoms with van der Waals surface area (Å²) < 4.78 is 51.9. The minimum absolute atomic E-state index is 0.0306. The first-order valence-electron chi connectivity index (χ1n) is 10.8. The second-order valence-electron chi connectivity index (χ2n) is 7.80. The van der Waals surface area contributed by atoms with E-state index in [4.69, 9.17) is 15.2 Å². The molecule has 0 bridgehead atoms. The van der Waals surface area contributed by atoms with Gasteiger partial charge in [-0.2, -0.15) is 13.2 Å². The number of likely N-dealkylation sites (tertiary alicyclic amines) is 1. The summed E-state index contributed by atoms with van der Waals surface area (Å²) in [6.07, 6.45) is -1.76. The van der Waals surface area contributed by atoms with Gasteiger partial charge in [-0.15, -0.1) is 0 Å². The van der Waals surface area contributed by atoms with Crippen LogP contribution in [0.25, 0.3) is 0 Å². The number of halogens is 4. The largest absolute Gasteiger partial charge is 0.491 e. The van der Waals surface area contributed by atoms with Gasteiger partial charge in [0.15, 0.2) is 12.0 Å². The number of amides is 1. The molecule has 36 heavy (non-hydrogen) atoms. The van der Waals surface area contributed by atoms with E-state index in [1.165, 1.54) is 43.6 Å². The van der Waals surface area contributed by atoms with Gasteiger partial charge in [0.25, 0.3) is 11.8 Å². The predicted molar refractivity (Wildman–Crippen MR) is 136 cm³/mol. The number of pyridine rings is 1. The summed E-state index contributed by atoms with van der Waals surface area (Å²) in [4.78, 5) is 35.4. The monoisotopic (exact) mass is 616 g/mol. The van der Waals surface area contributed by atoms with Crippen LogP contribution < -0.4 is 15.2 Å². The number of ether oxygens (including phenoxy) is 2. The zero-order valence-electron chi connectivity index (χ0n) is 19.7. The molecular formula is C24H24F3IN4O4. The average Bonchev–Trinajstić information content (AvgIpc) is 2.86. The summed E-state index contributed by atoms with van der Waals surface area (Å²) >= 11 is 1.78. The average molecular weight is 616 g/mol. The van der Waals surface area contributed by atoms with E-state index in [0.717, 1.165) is 6.07 Å². The molecule has 1 unspecified atom stereocenters. The molecule has 1 aliphatic heterocycles. The molecule has 1 aromatic carbocycles. The van der Waals surface area contributed by atoms with E-state index < -0.39 is 29.1 Å². The number of benzene rings is 1. The standard InChI is InChI=1S/C24H24F3IN4O4/c1-4-30-19-5-14(16-7-15(28)8-18(17(16)12-33)24(25,26)27)11-32(20(19)9-29)23(34)13-6-21(35-2)22(36-3)31-10-13/h6-10,12,14H,4-5,11,29H2,1-3H3. The fraction of sp³-hybridized carbons (Fsp3) is 0.333. The zero-order chi connectivity index (χ0) is 26.6. The van der Waals surface area contributed by atoms with Gasteiger partial charge < -0.3 is 20.1 Å². The van der Waals surface area contributed by atoms with E-state index in [-0.39, 0.29) is 42.0 Å². The Bertz CT molecular complexity index is 1230. The highest BCUT2D eigenvalue weighted by Gasteiger charge is 2.39. The molecule has 1 aliphatic rings. The van der Waals surface area contributed by atoms with Gasteiger partial charge in [0.05, 0.1) is 36.8 Å². The molecule has 2 N–H and O–H groups in total. The van der Waals surface area contributed by atoms with E-state index in [9.17, 15) is 22.8 Å². The number of rotatable bonds is 6. The van der Waals surface area contributed by atoms with E-state index >= 15 is 0 Å². The van der Waals surface area contributed by atoms with Crippen molar-refractivity contribution in [1.29, 1.82) is 0 Å². The van der Waals surface area contributed by atoms with Crippen molar-refractivity contribution in [3.05, 3.63) is 62.1 Å². The molecule has 1 fully saturated rings. The van der Waals surface area contributed by atoms with E-state index in [1.54, 1.807) is 29.5 Å². The fourth-order valence-electron chi connectivity index (χ4n) is 4.15. The number of nitrogens with zero attached hydrogens (tertiary/aromatic N) is 3. The Labute approximate surface area is 219 Å². The predicted octanol–water partition coefficient (Wildman–Crippen LogP) is 4.43. The third kappa shape index (κ3) is 5.47. The Balaban J connectivity index is 2.14. The SMILES string of the molecule is CCN=C1CC(c2cc(I)cc(C(F)(F)F)c2C=O)CN(C(=O)c2cnc(OC)c(OC)c2)C1=CN. The summed E-state index contributed by atoms with van der Waals surface area (Å²) in [5.41, 5.74) is 5.52. The molecule has 0 saturated carbocycles. The van der Waals surface area contributed by atoms with E-state index in [1.807, 2.05) is 0 Å². The first-order valence-corrected chi connectivity index (χ1v) is 11.9. The van der Waals surface area contributed by atoms with Crippen LogP contribution >= 0.6 is 22.6 Å². The number of hydrogen-bond acceptors (Lipinski definition) is 7. The van der Waals surface area contributed by atoms with Crippen molar-refractivity contribution in [2.75, 3.05) is 27.3 Å². The first-order chi connectivity index (χ1) is 17.1. The van der Waals surface area contributed by atoms with Crippen molar-refractivity contribution in [3.63, 3.8) is 0 Å². The van der Waals surface area contributed by atoms with Gasteiger partial charge in [-0.3, -0.25) is 14.6 Å². The molecule has 1 amide bonds. The Morgan fingerprint density at radius 3 is 2.58 bits per heavy atom. The minimum atomic E-state index is -4.72. The molecule has 2 heterocycles. The minimum Gasteiger partial charge on any atom is -0.491 e. The molecule has 192 valence electrons. The summed E-state index contributed by atoms with van der Waals surface area (Å²) in [6, 6.07) is 3.92. The van der Waals surface area contributed by atoms with Crippen LogP contribution in [-0.2, 0) is 6.18 Å². The number of aliphatic imine (C=N–C) groups is 1. The molecule has 1 atom stereocenters. The normalized spacial score (nSPS) is 18.4. The van der Waals surface area contributed by atoms with E-state index in [0.29, 0.717) is 21.5 Å². The topological polar surface area (TPSA) is 107 Å². The van der Waals surface area contributed by atoms with Gasteiger partial charge in [-0.05, 0) is 53.6 Å². The molecule has 8 nitrogen and oxygen atoms in total. The van der Waals surface area contributed by atoms with Crippen LogP contribution in [0.1, 0.15) is 51.1 Å². The lowest BCUT2D eigenvalue weighted by molar-refractivity contribution is -0.137. The Morgan fingerprint density at radius 2 is 2.03 bits per heavy atom. The number of methoxy groups -OCH3 is 2. The zero-order valence-corrected chi connectivity index (χ0v) is 21.9. The number of nitrogens with two attached hydrogens (primary N) is 1. The van der Waals surface area contributed by atoms with Crippen molar-refractivity contribution in [2.45, 2.75) is 25.4 Å². The third-order valence-electron chi connectivity index (χ3n) is 5.70. The molecule has 0 aliphatic carbocycles. The number of carbonyl (C=O) groups is 2. The highest BCUT2D eigenvalue weighted by atomic mass is 127. The number of alkyl halides is 3. The van der Waals surface area contributed by atoms with Crippen molar-refractivity contribution in [3.8, 4) is 11.6 Å². The number of allylic oxidation sites excluding steroid dienone is 1. The molecule has 3 rings (SSSR count). The Kier molecular flexibility index (Phi) is 8.59. The molecule has 1 saturated heterocycles. The lowest BCUT2D eigenvalue weighted by Gasteiger charge is -2.36. The van der Waals surface area contributed by atoms with Crippen LogP contribution in [0.15, 0.2) is 41.3 Å². The lowest BCUT2D eigenvalue weighted by atomic mass is 9.84. The number of hydrogen-bond donors (Lipinski definition) is 1. The first kappa shape index (κ1) is 27.4. The maximum Gasteiger partial charge on any atom is 0.417 e. The number of aromatic nitrogens is 1. The maximum atomic E-state index is 13.7. The molecule has 1 aromatic heterocycles. The van der Waals surface area contributed by atoms with Crippen molar-refractivity contribution in [1.82, 2.24) is 9.88 Å². The van der Waals surface area contributed by atoms with Crippen LogP contribution in [0.3, 0.4) is 0 Å². The van der Waals surface area contributed by atoms with Gasteiger partial charge in [-0.1, -0.05) is 0 Å². The summed E-state index contributed by atoms with van der Waals surface area (Å²) in [5, 5.41) is 0. The van der Waals surface area contributed by atoms with Gasteiger partial charge in [0, 0.05) is 46.6 Å². The Morgan fingerprint density at radius 1 is 1.31 bits per heavy atom. The molecule has 2 aromatic rings. The van der Waals surface area contributed by atoms with Crippen molar-refractivity contribution in [2.24, 2.45) is 10.7 Å². The molecule has 0 spiro atoms. The van der Waals surface area contributed by atoms with Crippen LogP contribution in [0.4, 0.5) is 13.2 Å². The van der Waals surface area contributed by atoms with Gasteiger partial charge in [0.2, 0.25) is 0 Å². The number of aldehydes is 1. The second-order valence-corrected chi connectivity index (χ2v) is 9.04. The highest BCUT2D eigenvalue weighted by Crippen LogP contribution is 2.39. The number of carbonyl (C=O) groups excluding carboxylic acids is 2. The summed E-state index contributed by atoms with van der Waals surface area (Å²) in [6.45, 7) is 2.12. The molecule has 12 heteroatoms. The molecular weight excluding hydrogens is 592 g/mol. The van der Waals surface area contributed by atoms with Gasteiger partial charge in [-0.25, -0.2) is 4.98 Å². The van der Waals surface area contributed by atoms with Crippen LogP contribution in [0.2, 0.25) is 0 Å². The second kappa shape index (κ2) is 11.3. The van der Waals surface area contributed by atoms with Crippen LogP contribution in [0, 0.1) is 3.57 Å². The summed E-state index contributed by atoms with van der Waals surface area (Å²) in [7, 11) is 2.81. The number of piperidine rings is 1. The fourth-order valence-corrected chi connectivity index (χ4v) is 4.79. The smallest absolute Gasteiger partial charge is 0.417 e. The highest BCUT2D eigenvalue weighted by molar-refractivity contribution is 14.1. The van der Waals surface area contributed by atoms with Gasteiger partial charge in [0.1, 0.15) is 0 Å². The maximum absolute atomic E-state index is 13.7. The third-order valence-corrected chi connectivity index (χ3v) is 6.32. The quantitative estimate of drug-likeness (QED) is 0.381. The molecule has 0 radical (unpaired) electrons. The Hall–Kier alpha value is -3.16. The van der Waals surface area contributed by atoms with Gasteiger partial charge >= 0.3 is 6.18 Å². The van der Waals surface area contributed by atoms with Crippen LogP contribution in [0.5, 0.6) is 11.6 Å². The van der Waals surface area contributed by atoms with Crippen molar-refractivity contribution < 1.29 is 32.2 Å².